The SMILES string of the molecule is CC(C)(C)c1cc(NC(=O)CN(Cc2ccccc2)C(=O)Nc2ccc(F)cc2F)n(-c2ccccc2Cl)n1. The van der Waals surface area contributed by atoms with Gasteiger partial charge in [0, 0.05) is 24.1 Å². The molecule has 0 aliphatic heterocycles. The molecule has 0 saturated carbocycles. The molecule has 0 unspecified atom stereocenters. The molecule has 1 aromatic heterocycles. The van der Waals surface area contributed by atoms with E-state index in [2.05, 4.69) is 15.7 Å². The molecular formula is C29H28ClF2N5O2. The maximum Gasteiger partial charge on any atom is 0.322 e. The van der Waals surface area contributed by atoms with Crippen molar-refractivity contribution in [3.05, 3.63) is 107 Å². The molecule has 0 aliphatic carbocycles. The predicted octanol–water partition coefficient (Wildman–Crippen LogP) is 6.77. The summed E-state index contributed by atoms with van der Waals surface area (Å²) >= 11 is 6.42. The lowest BCUT2D eigenvalue weighted by Gasteiger charge is -2.23. The summed E-state index contributed by atoms with van der Waals surface area (Å²) in [5.41, 5.74) is 1.55. The second-order valence-corrected chi connectivity index (χ2v) is 10.4. The summed E-state index contributed by atoms with van der Waals surface area (Å²) in [5.74, 6) is -1.82. The van der Waals surface area contributed by atoms with Crippen LogP contribution in [-0.4, -0.2) is 33.2 Å². The molecule has 0 spiro atoms. The highest BCUT2D eigenvalue weighted by Gasteiger charge is 2.24. The van der Waals surface area contributed by atoms with Crippen LogP contribution >= 0.6 is 11.6 Å². The molecule has 0 saturated heterocycles. The van der Waals surface area contributed by atoms with Gasteiger partial charge in [-0.1, -0.05) is 74.8 Å². The number of para-hydroxylation sites is 1. The number of urea groups is 1. The number of benzene rings is 3. The Balaban J connectivity index is 1.60. The largest absolute Gasteiger partial charge is 0.322 e. The lowest BCUT2D eigenvalue weighted by molar-refractivity contribution is -0.116. The van der Waals surface area contributed by atoms with E-state index in [0.29, 0.717) is 22.6 Å². The minimum atomic E-state index is -0.925. The van der Waals surface area contributed by atoms with Crippen molar-refractivity contribution in [3.63, 3.8) is 0 Å². The van der Waals surface area contributed by atoms with Crippen molar-refractivity contribution in [2.45, 2.75) is 32.7 Å². The Morgan fingerprint density at radius 1 is 0.949 bits per heavy atom. The first-order chi connectivity index (χ1) is 18.5. The molecule has 1 heterocycles. The van der Waals surface area contributed by atoms with E-state index in [1.165, 1.54) is 4.90 Å². The number of anilines is 2. The first kappa shape index (κ1) is 27.8. The van der Waals surface area contributed by atoms with Crippen molar-refractivity contribution in [3.8, 4) is 5.69 Å². The number of nitrogens with one attached hydrogen (secondary N) is 2. The van der Waals surface area contributed by atoms with E-state index < -0.39 is 23.6 Å². The smallest absolute Gasteiger partial charge is 0.311 e. The summed E-state index contributed by atoms with van der Waals surface area (Å²) < 4.78 is 29.1. The van der Waals surface area contributed by atoms with E-state index in [9.17, 15) is 18.4 Å². The van der Waals surface area contributed by atoms with Crippen molar-refractivity contribution >= 4 is 35.0 Å². The lowest BCUT2D eigenvalue weighted by Crippen LogP contribution is -2.40. The topological polar surface area (TPSA) is 79.3 Å². The molecule has 10 heteroatoms. The molecule has 0 fully saturated rings. The third kappa shape index (κ3) is 7.00. The Labute approximate surface area is 230 Å². The highest BCUT2D eigenvalue weighted by molar-refractivity contribution is 6.32. The molecule has 7 nitrogen and oxygen atoms in total. The summed E-state index contributed by atoms with van der Waals surface area (Å²) in [6, 6.07) is 20.0. The standard InChI is InChI=1S/C29H28ClF2N5O2/c1-29(2,3)25-16-26(37(35-25)24-12-8-7-11-21(24)30)34-27(38)18-36(17-19-9-5-4-6-10-19)28(39)33-23-14-13-20(31)15-22(23)32/h4-16H,17-18H2,1-3H3,(H,33,39)(H,34,38). The van der Waals surface area contributed by atoms with Crippen LogP contribution in [0.5, 0.6) is 0 Å². The Bertz CT molecular complexity index is 1480. The van der Waals surface area contributed by atoms with E-state index in [1.54, 1.807) is 53.2 Å². The van der Waals surface area contributed by atoms with Crippen LogP contribution in [0.15, 0.2) is 78.9 Å². The van der Waals surface area contributed by atoms with Crippen LogP contribution in [0.4, 0.5) is 25.1 Å². The lowest BCUT2D eigenvalue weighted by atomic mass is 9.92. The van der Waals surface area contributed by atoms with Crippen LogP contribution in [0.25, 0.3) is 5.69 Å². The third-order valence-electron chi connectivity index (χ3n) is 5.84. The molecule has 0 atom stereocenters. The highest BCUT2D eigenvalue weighted by atomic mass is 35.5. The number of nitrogens with zero attached hydrogens (tertiary/aromatic N) is 3. The normalized spacial score (nSPS) is 11.2. The zero-order chi connectivity index (χ0) is 28.2. The average molecular weight is 552 g/mol. The summed E-state index contributed by atoms with van der Waals surface area (Å²) in [4.78, 5) is 27.7. The van der Waals surface area contributed by atoms with E-state index in [4.69, 9.17) is 11.6 Å². The number of rotatable bonds is 7. The summed E-state index contributed by atoms with van der Waals surface area (Å²) in [7, 11) is 0. The fourth-order valence-corrected chi connectivity index (χ4v) is 4.00. The van der Waals surface area contributed by atoms with Gasteiger partial charge in [0.25, 0.3) is 0 Å². The van der Waals surface area contributed by atoms with Gasteiger partial charge in [-0.15, -0.1) is 0 Å². The minimum Gasteiger partial charge on any atom is -0.311 e. The van der Waals surface area contributed by atoms with Gasteiger partial charge in [0.2, 0.25) is 5.91 Å². The Hall–Kier alpha value is -4.24. The van der Waals surface area contributed by atoms with E-state index in [0.717, 1.165) is 23.4 Å². The van der Waals surface area contributed by atoms with Gasteiger partial charge in [-0.25, -0.2) is 18.3 Å². The zero-order valence-electron chi connectivity index (χ0n) is 21.7. The van der Waals surface area contributed by atoms with Crippen molar-refractivity contribution in [2.75, 3.05) is 17.2 Å². The van der Waals surface area contributed by atoms with Crippen molar-refractivity contribution in [1.82, 2.24) is 14.7 Å². The van der Waals surface area contributed by atoms with Gasteiger partial charge in [0.15, 0.2) is 0 Å². The molecular weight excluding hydrogens is 524 g/mol. The number of aromatic nitrogens is 2. The molecule has 202 valence electrons. The van der Waals surface area contributed by atoms with Crippen molar-refractivity contribution in [1.29, 1.82) is 0 Å². The monoisotopic (exact) mass is 551 g/mol. The first-order valence-corrected chi connectivity index (χ1v) is 12.6. The van der Waals surface area contributed by atoms with Gasteiger partial charge in [0.05, 0.1) is 22.1 Å². The second kappa shape index (κ2) is 11.7. The van der Waals surface area contributed by atoms with Crippen LogP contribution in [0.1, 0.15) is 32.0 Å². The van der Waals surface area contributed by atoms with E-state index in [1.807, 2.05) is 32.9 Å². The molecule has 0 bridgehead atoms. The van der Waals surface area contributed by atoms with Crippen LogP contribution in [-0.2, 0) is 16.8 Å². The van der Waals surface area contributed by atoms with Gasteiger partial charge >= 0.3 is 6.03 Å². The van der Waals surface area contributed by atoms with Crippen molar-refractivity contribution in [2.24, 2.45) is 0 Å². The summed E-state index contributed by atoms with van der Waals surface area (Å²) in [6.07, 6.45) is 0. The van der Waals surface area contributed by atoms with Gasteiger partial charge in [-0.3, -0.25) is 4.79 Å². The second-order valence-electron chi connectivity index (χ2n) is 9.97. The molecule has 3 aromatic carbocycles. The van der Waals surface area contributed by atoms with E-state index >= 15 is 0 Å². The number of carbonyl (C=O) groups excluding carboxylic acids is 2. The first-order valence-electron chi connectivity index (χ1n) is 12.2. The predicted molar refractivity (Wildman–Crippen MR) is 148 cm³/mol. The molecule has 0 aliphatic rings. The molecule has 4 rings (SSSR count). The number of halogens is 3. The number of hydrogen-bond acceptors (Lipinski definition) is 3. The highest BCUT2D eigenvalue weighted by Crippen LogP contribution is 2.29. The molecule has 2 N–H and O–H groups in total. The minimum absolute atomic E-state index is 0.0694. The van der Waals surface area contributed by atoms with Crippen LogP contribution in [0.2, 0.25) is 5.02 Å². The Morgan fingerprint density at radius 3 is 2.31 bits per heavy atom. The van der Waals surface area contributed by atoms with Gasteiger partial charge in [0.1, 0.15) is 24.0 Å². The Kier molecular flexibility index (Phi) is 8.30. The fraction of sp³-hybridized carbons (Fsp3) is 0.207. The Morgan fingerprint density at radius 2 is 1.64 bits per heavy atom. The molecule has 39 heavy (non-hydrogen) atoms. The molecule has 3 amide bonds. The van der Waals surface area contributed by atoms with E-state index in [-0.39, 0.29) is 24.2 Å². The third-order valence-corrected chi connectivity index (χ3v) is 6.16. The zero-order valence-corrected chi connectivity index (χ0v) is 22.5. The van der Waals surface area contributed by atoms with Gasteiger partial charge in [-0.2, -0.15) is 5.10 Å². The number of amides is 3. The quantitative estimate of drug-likeness (QED) is 0.266. The number of carbonyl (C=O) groups is 2. The average Bonchev–Trinajstić information content (AvgIpc) is 3.30. The summed E-state index contributed by atoms with van der Waals surface area (Å²) in [6.45, 7) is 5.71. The fourth-order valence-electron chi connectivity index (χ4n) is 3.79. The van der Waals surface area contributed by atoms with Crippen LogP contribution < -0.4 is 10.6 Å². The van der Waals surface area contributed by atoms with Crippen LogP contribution in [0, 0.1) is 11.6 Å². The molecule has 0 radical (unpaired) electrons. The van der Waals surface area contributed by atoms with Crippen molar-refractivity contribution < 1.29 is 18.4 Å². The summed E-state index contributed by atoms with van der Waals surface area (Å²) in [5, 5.41) is 10.4. The van der Waals surface area contributed by atoms with Gasteiger partial charge < -0.3 is 15.5 Å². The van der Waals surface area contributed by atoms with Gasteiger partial charge in [-0.05, 0) is 29.8 Å². The molecule has 4 aromatic rings. The maximum absolute atomic E-state index is 14.2. The maximum atomic E-state index is 14.2. The van der Waals surface area contributed by atoms with Crippen LogP contribution in [0.3, 0.4) is 0 Å². The number of hydrogen-bond donors (Lipinski definition) is 2.